The number of rotatable bonds is 1. The van der Waals surface area contributed by atoms with Crippen molar-refractivity contribution >= 4 is 66.4 Å². The Bertz CT molecular complexity index is 1500. The largest absolute Gasteiger partial charge is 0.495 e. The Morgan fingerprint density at radius 1 is 0.552 bits per heavy atom. The lowest BCUT2D eigenvalue weighted by molar-refractivity contribution is 0.00578. The van der Waals surface area contributed by atoms with E-state index in [1.54, 1.807) is 0 Å². The Morgan fingerprint density at radius 3 is 1.52 bits per heavy atom. The Kier molecular flexibility index (Phi) is 2.65. The zero-order chi connectivity index (χ0) is 19.7. The van der Waals surface area contributed by atoms with Gasteiger partial charge in [0.05, 0.1) is 11.2 Å². The molecule has 1 fully saturated rings. The molecule has 0 aromatic heterocycles. The van der Waals surface area contributed by atoms with E-state index in [2.05, 4.69) is 82.3 Å². The summed E-state index contributed by atoms with van der Waals surface area (Å²) in [5.74, 6) is 0. The van der Waals surface area contributed by atoms with E-state index in [1.165, 1.54) is 53.9 Å². The van der Waals surface area contributed by atoms with Crippen LogP contribution < -0.4 is 5.46 Å². The molecule has 0 spiro atoms. The molecule has 1 saturated heterocycles. The first-order valence-electron chi connectivity index (χ1n) is 10.4. The maximum atomic E-state index is 6.46. The summed E-state index contributed by atoms with van der Waals surface area (Å²) in [5.41, 5.74) is 0.434. The molecule has 1 heterocycles. The van der Waals surface area contributed by atoms with Crippen molar-refractivity contribution in [1.29, 1.82) is 0 Å². The lowest BCUT2D eigenvalue weighted by Crippen LogP contribution is -2.41. The van der Waals surface area contributed by atoms with Crippen LogP contribution in [0.4, 0.5) is 0 Å². The molecule has 6 aromatic carbocycles. The van der Waals surface area contributed by atoms with Crippen molar-refractivity contribution in [2.24, 2.45) is 0 Å². The minimum atomic E-state index is -0.361. The summed E-state index contributed by atoms with van der Waals surface area (Å²) in [4.78, 5) is 0. The first-order chi connectivity index (χ1) is 13.9. The summed E-state index contributed by atoms with van der Waals surface area (Å²) in [7, 11) is -0.361. The summed E-state index contributed by atoms with van der Waals surface area (Å²) in [5, 5.41) is 13.4. The molecular formula is C26H21BO2. The van der Waals surface area contributed by atoms with Gasteiger partial charge in [-0.15, -0.1) is 0 Å². The third kappa shape index (κ3) is 1.78. The molecule has 0 aliphatic carbocycles. The number of hydrogen-bond acceptors (Lipinski definition) is 2. The van der Waals surface area contributed by atoms with Crippen LogP contribution in [-0.2, 0) is 9.31 Å². The average molecular weight is 376 g/mol. The van der Waals surface area contributed by atoms with Crippen LogP contribution in [0.1, 0.15) is 27.7 Å². The Labute approximate surface area is 169 Å². The zero-order valence-corrected chi connectivity index (χ0v) is 17.1. The summed E-state index contributed by atoms with van der Waals surface area (Å²) < 4.78 is 12.9. The molecule has 29 heavy (non-hydrogen) atoms. The van der Waals surface area contributed by atoms with E-state index in [9.17, 15) is 0 Å². The molecule has 0 radical (unpaired) electrons. The molecule has 2 nitrogen and oxygen atoms in total. The van der Waals surface area contributed by atoms with Gasteiger partial charge in [-0.05, 0) is 87.0 Å². The van der Waals surface area contributed by atoms with E-state index >= 15 is 0 Å². The fraction of sp³-hybridized carbons (Fsp3) is 0.231. The highest BCUT2D eigenvalue weighted by Gasteiger charge is 2.52. The van der Waals surface area contributed by atoms with E-state index in [1.807, 2.05) is 0 Å². The van der Waals surface area contributed by atoms with E-state index in [4.69, 9.17) is 9.31 Å². The summed E-state index contributed by atoms with van der Waals surface area (Å²) in [6, 6.07) is 20.3. The SMILES string of the molecule is CC1(C)OB(c2cc3ccc4ccc5ccc6ccc2c2c6c5c4c32)OC1(C)C. The van der Waals surface area contributed by atoms with Crippen LogP contribution in [0.25, 0.3) is 53.9 Å². The Hall–Kier alpha value is -2.62. The molecule has 140 valence electrons. The van der Waals surface area contributed by atoms with Gasteiger partial charge in [-0.1, -0.05) is 54.6 Å². The second-order valence-electron chi connectivity index (χ2n) is 9.63. The van der Waals surface area contributed by atoms with Gasteiger partial charge >= 0.3 is 7.12 Å². The third-order valence-corrected chi connectivity index (χ3v) is 7.56. The van der Waals surface area contributed by atoms with Gasteiger partial charge in [0.25, 0.3) is 0 Å². The lowest BCUT2D eigenvalue weighted by atomic mass is 9.74. The van der Waals surface area contributed by atoms with Crippen molar-refractivity contribution in [1.82, 2.24) is 0 Å². The van der Waals surface area contributed by atoms with Crippen molar-refractivity contribution in [3.05, 3.63) is 54.6 Å². The van der Waals surface area contributed by atoms with E-state index in [0.29, 0.717) is 0 Å². The zero-order valence-electron chi connectivity index (χ0n) is 17.1. The predicted octanol–water partition coefficient (Wildman–Crippen LogP) is 6.07. The molecule has 0 N–H and O–H groups in total. The molecule has 0 unspecified atom stereocenters. The van der Waals surface area contributed by atoms with Crippen molar-refractivity contribution in [3.63, 3.8) is 0 Å². The Morgan fingerprint density at radius 2 is 0.966 bits per heavy atom. The molecule has 6 aromatic rings. The fourth-order valence-electron chi connectivity index (χ4n) is 5.37. The van der Waals surface area contributed by atoms with Gasteiger partial charge in [-0.2, -0.15) is 0 Å². The predicted molar refractivity (Wildman–Crippen MR) is 123 cm³/mol. The van der Waals surface area contributed by atoms with Gasteiger partial charge in [-0.3, -0.25) is 0 Å². The minimum Gasteiger partial charge on any atom is -0.399 e. The molecule has 0 amide bonds. The molecule has 0 bridgehead atoms. The monoisotopic (exact) mass is 376 g/mol. The van der Waals surface area contributed by atoms with Crippen LogP contribution in [0, 0.1) is 0 Å². The Balaban J connectivity index is 1.67. The first kappa shape index (κ1) is 16.2. The summed E-state index contributed by atoms with van der Waals surface area (Å²) in [6.45, 7) is 8.47. The highest BCUT2D eigenvalue weighted by molar-refractivity contribution is 6.67. The lowest BCUT2D eigenvalue weighted by Gasteiger charge is -2.32. The first-order valence-corrected chi connectivity index (χ1v) is 10.4. The minimum absolute atomic E-state index is 0.351. The summed E-state index contributed by atoms with van der Waals surface area (Å²) in [6.07, 6.45) is 0. The van der Waals surface area contributed by atoms with Crippen LogP contribution in [0.3, 0.4) is 0 Å². The molecule has 1 aliphatic rings. The molecule has 0 atom stereocenters. The smallest absolute Gasteiger partial charge is 0.399 e. The number of hydrogen-bond donors (Lipinski definition) is 0. The standard InChI is InChI=1S/C26H21BO2/c1-25(2)26(3,4)29-27(28-25)19-13-17-10-9-15-6-5-14-7-8-16-11-12-18(19)24-22(16)20(14)21(15)23(17)24/h5-13H,1-4H3. The van der Waals surface area contributed by atoms with Crippen LogP contribution in [0.5, 0.6) is 0 Å². The molecule has 7 rings (SSSR count). The van der Waals surface area contributed by atoms with Crippen molar-refractivity contribution in [3.8, 4) is 0 Å². The van der Waals surface area contributed by atoms with Crippen LogP contribution in [-0.4, -0.2) is 18.3 Å². The normalized spacial score (nSPS) is 19.2. The van der Waals surface area contributed by atoms with Crippen LogP contribution in [0.2, 0.25) is 0 Å². The molecule has 1 aliphatic heterocycles. The second kappa shape index (κ2) is 4.75. The topological polar surface area (TPSA) is 18.5 Å². The summed E-state index contributed by atoms with van der Waals surface area (Å²) >= 11 is 0. The highest BCUT2D eigenvalue weighted by atomic mass is 16.7. The quantitative estimate of drug-likeness (QED) is 0.256. The fourth-order valence-corrected chi connectivity index (χ4v) is 5.37. The van der Waals surface area contributed by atoms with Gasteiger partial charge in [0.2, 0.25) is 0 Å². The molecular weight excluding hydrogens is 355 g/mol. The van der Waals surface area contributed by atoms with Crippen LogP contribution >= 0.6 is 0 Å². The van der Waals surface area contributed by atoms with Crippen molar-refractivity contribution in [2.45, 2.75) is 38.9 Å². The van der Waals surface area contributed by atoms with E-state index < -0.39 is 0 Å². The van der Waals surface area contributed by atoms with E-state index in [-0.39, 0.29) is 18.3 Å². The maximum absolute atomic E-state index is 6.46. The average Bonchev–Trinajstić information content (AvgIpc) is 3.16. The molecule has 3 heteroatoms. The van der Waals surface area contributed by atoms with Crippen LogP contribution in [0.15, 0.2) is 54.6 Å². The van der Waals surface area contributed by atoms with Gasteiger partial charge in [0.1, 0.15) is 0 Å². The van der Waals surface area contributed by atoms with Gasteiger partial charge in [-0.25, -0.2) is 0 Å². The maximum Gasteiger partial charge on any atom is 0.495 e. The highest BCUT2D eigenvalue weighted by Crippen LogP contribution is 2.48. The third-order valence-electron chi connectivity index (χ3n) is 7.56. The molecule has 0 saturated carbocycles. The van der Waals surface area contributed by atoms with Crippen molar-refractivity contribution < 1.29 is 9.31 Å². The van der Waals surface area contributed by atoms with Crippen molar-refractivity contribution in [2.75, 3.05) is 0 Å². The van der Waals surface area contributed by atoms with Gasteiger partial charge in [0.15, 0.2) is 0 Å². The van der Waals surface area contributed by atoms with Gasteiger partial charge < -0.3 is 9.31 Å². The van der Waals surface area contributed by atoms with E-state index in [0.717, 1.165) is 5.46 Å². The number of benzene rings is 5. The second-order valence-corrected chi connectivity index (χ2v) is 9.63. The van der Waals surface area contributed by atoms with Gasteiger partial charge in [0, 0.05) is 0 Å².